The normalized spacial score (nSPS) is 31.4. The minimum absolute atomic E-state index is 0.00537. The van der Waals surface area contributed by atoms with Crippen molar-refractivity contribution in [1.29, 1.82) is 0 Å². The molecule has 0 saturated heterocycles. The molecule has 0 radical (unpaired) electrons. The van der Waals surface area contributed by atoms with Gasteiger partial charge in [-0.3, -0.25) is 19.2 Å². The van der Waals surface area contributed by atoms with E-state index in [4.69, 9.17) is 0 Å². The first-order valence-electron chi connectivity index (χ1n) is 12.9. The SMILES string of the molecule is CC(C)=CCCC(C)C1=C(O)C(=O)C2(C)C3C(=O)C(C(C)CCC=C(C)C)(C(=O)C(O)=C3C)C2C1=O. The van der Waals surface area contributed by atoms with Gasteiger partial charge in [-0.1, -0.05) is 44.1 Å². The van der Waals surface area contributed by atoms with E-state index in [2.05, 4.69) is 0 Å². The lowest BCUT2D eigenvalue weighted by Crippen LogP contribution is -2.55. The predicted molar refractivity (Wildman–Crippen MR) is 138 cm³/mol. The second-order valence-electron chi connectivity index (χ2n) is 11.7. The van der Waals surface area contributed by atoms with Gasteiger partial charge >= 0.3 is 0 Å². The van der Waals surface area contributed by atoms with Crippen molar-refractivity contribution in [2.24, 2.45) is 34.5 Å². The van der Waals surface area contributed by atoms with Crippen molar-refractivity contribution in [2.75, 3.05) is 0 Å². The van der Waals surface area contributed by atoms with Crippen molar-refractivity contribution in [3.8, 4) is 0 Å². The van der Waals surface area contributed by atoms with Gasteiger partial charge < -0.3 is 10.2 Å². The van der Waals surface area contributed by atoms with E-state index in [9.17, 15) is 29.4 Å². The van der Waals surface area contributed by atoms with Gasteiger partial charge in [0.05, 0.1) is 17.3 Å². The Hall–Kier alpha value is -2.76. The maximum absolute atomic E-state index is 14.2. The number of ketones is 4. The van der Waals surface area contributed by atoms with Crippen molar-refractivity contribution in [2.45, 2.75) is 81.1 Å². The Bertz CT molecular complexity index is 1140. The molecule has 6 heteroatoms. The molecule has 3 rings (SSSR count). The first-order chi connectivity index (χ1) is 16.7. The van der Waals surface area contributed by atoms with Crippen LogP contribution in [0.2, 0.25) is 0 Å². The summed E-state index contributed by atoms with van der Waals surface area (Å²) < 4.78 is 0. The van der Waals surface area contributed by atoms with Crippen molar-refractivity contribution >= 4 is 23.1 Å². The molecule has 0 amide bonds. The van der Waals surface area contributed by atoms with Crippen LogP contribution in [-0.4, -0.2) is 33.3 Å². The van der Waals surface area contributed by atoms with Crippen LogP contribution in [0.4, 0.5) is 0 Å². The number of Topliss-reactive ketones (excluding diaryl/α,β-unsaturated/α-hetero) is 4. The van der Waals surface area contributed by atoms with Crippen LogP contribution in [0.25, 0.3) is 0 Å². The van der Waals surface area contributed by atoms with Crippen molar-refractivity contribution in [3.63, 3.8) is 0 Å². The molecule has 3 aliphatic rings. The maximum atomic E-state index is 14.2. The number of aliphatic hydroxyl groups excluding tert-OH is 2. The summed E-state index contributed by atoms with van der Waals surface area (Å²) in [4.78, 5) is 56.0. The third kappa shape index (κ3) is 3.75. The smallest absolute Gasteiger partial charge is 0.211 e. The van der Waals surface area contributed by atoms with Crippen molar-refractivity contribution in [3.05, 3.63) is 46.0 Å². The highest BCUT2D eigenvalue weighted by Gasteiger charge is 2.79. The summed E-state index contributed by atoms with van der Waals surface area (Å²) >= 11 is 0. The Balaban J connectivity index is 2.21. The fraction of sp³-hybridized carbons (Fsp3) is 0.600. The zero-order chi connectivity index (χ0) is 27.3. The van der Waals surface area contributed by atoms with E-state index in [1.807, 2.05) is 39.8 Å². The molecule has 196 valence electrons. The number of allylic oxidation sites excluding steroid dienone is 8. The number of aliphatic hydroxyl groups is 2. The molecular formula is C30H40O6. The minimum Gasteiger partial charge on any atom is -0.504 e. The van der Waals surface area contributed by atoms with Crippen LogP contribution >= 0.6 is 0 Å². The number of hydrogen-bond acceptors (Lipinski definition) is 6. The van der Waals surface area contributed by atoms with Gasteiger partial charge in [0.15, 0.2) is 23.1 Å². The van der Waals surface area contributed by atoms with Crippen LogP contribution in [0.1, 0.15) is 81.1 Å². The van der Waals surface area contributed by atoms with E-state index in [0.29, 0.717) is 25.7 Å². The molecule has 2 N–H and O–H groups in total. The number of hydrogen-bond donors (Lipinski definition) is 2. The van der Waals surface area contributed by atoms with E-state index >= 15 is 0 Å². The molecule has 0 spiro atoms. The molecule has 0 aromatic carbocycles. The van der Waals surface area contributed by atoms with Crippen molar-refractivity contribution < 1.29 is 29.4 Å². The molecule has 36 heavy (non-hydrogen) atoms. The van der Waals surface area contributed by atoms with Gasteiger partial charge in [-0.05, 0) is 77.7 Å². The molecule has 0 aliphatic heterocycles. The molecule has 6 atom stereocenters. The zero-order valence-corrected chi connectivity index (χ0v) is 22.8. The predicted octanol–water partition coefficient (Wildman–Crippen LogP) is 5.94. The van der Waals surface area contributed by atoms with Gasteiger partial charge in [-0.15, -0.1) is 0 Å². The summed E-state index contributed by atoms with van der Waals surface area (Å²) in [5.74, 6) is -6.99. The van der Waals surface area contributed by atoms with E-state index in [0.717, 1.165) is 11.1 Å². The lowest BCUT2D eigenvalue weighted by Gasteiger charge is -2.43. The monoisotopic (exact) mass is 496 g/mol. The molecular weight excluding hydrogens is 456 g/mol. The van der Waals surface area contributed by atoms with Crippen LogP contribution in [0.3, 0.4) is 0 Å². The van der Waals surface area contributed by atoms with E-state index < -0.39 is 69.2 Å². The first kappa shape index (κ1) is 27.8. The Labute approximate surface area is 214 Å². The second kappa shape index (κ2) is 9.60. The van der Waals surface area contributed by atoms with Gasteiger partial charge in [-0.25, -0.2) is 0 Å². The molecule has 1 fully saturated rings. The van der Waals surface area contributed by atoms with E-state index in [1.165, 1.54) is 13.8 Å². The summed E-state index contributed by atoms with van der Waals surface area (Å²) in [5, 5.41) is 21.9. The fourth-order valence-electron chi connectivity index (χ4n) is 6.93. The van der Waals surface area contributed by atoms with Gasteiger partial charge in [0.2, 0.25) is 11.6 Å². The largest absolute Gasteiger partial charge is 0.504 e. The highest BCUT2D eigenvalue weighted by atomic mass is 16.3. The summed E-state index contributed by atoms with van der Waals surface area (Å²) in [6.45, 7) is 14.4. The van der Waals surface area contributed by atoms with Crippen molar-refractivity contribution in [1.82, 2.24) is 0 Å². The molecule has 6 nitrogen and oxygen atoms in total. The van der Waals surface area contributed by atoms with E-state index in [-0.39, 0.29) is 11.1 Å². The summed E-state index contributed by atoms with van der Waals surface area (Å²) in [6, 6.07) is 0. The molecule has 0 aromatic heterocycles. The minimum atomic E-state index is -1.84. The standard InChI is InChI=1S/C30H40O6/c1-15(2)11-9-13-17(5)20-23(32)25-29(8,27(35)24(20)33)21-19(7)22(31)28(36)30(25,26(21)34)18(6)14-10-12-16(3)4/h11-12,17-18,21,25,31,33H,9-10,13-14H2,1-8H3. The average Bonchev–Trinajstić information content (AvgIpc) is 2.97. The zero-order valence-electron chi connectivity index (χ0n) is 22.8. The van der Waals surface area contributed by atoms with Gasteiger partial charge in [0.25, 0.3) is 0 Å². The quantitative estimate of drug-likeness (QED) is 0.318. The Morgan fingerprint density at radius 3 is 1.94 bits per heavy atom. The molecule has 2 bridgehead atoms. The summed E-state index contributed by atoms with van der Waals surface area (Å²) in [7, 11) is 0. The molecule has 0 aromatic rings. The summed E-state index contributed by atoms with van der Waals surface area (Å²) in [5.41, 5.74) is -1.13. The van der Waals surface area contributed by atoms with Gasteiger partial charge in [0.1, 0.15) is 5.41 Å². The second-order valence-corrected chi connectivity index (χ2v) is 11.7. The van der Waals surface area contributed by atoms with Gasteiger partial charge in [0, 0.05) is 5.57 Å². The van der Waals surface area contributed by atoms with Crippen LogP contribution in [-0.2, 0) is 19.2 Å². The molecule has 1 saturated carbocycles. The third-order valence-electron chi connectivity index (χ3n) is 8.78. The highest BCUT2D eigenvalue weighted by molar-refractivity contribution is 6.29. The number of fused-ring (bicyclic) bond motifs is 5. The van der Waals surface area contributed by atoms with Crippen LogP contribution in [0.15, 0.2) is 46.0 Å². The lowest BCUT2D eigenvalue weighted by molar-refractivity contribution is -0.153. The van der Waals surface area contributed by atoms with Crippen LogP contribution in [0.5, 0.6) is 0 Å². The Morgan fingerprint density at radius 2 is 1.42 bits per heavy atom. The van der Waals surface area contributed by atoms with Crippen LogP contribution in [0, 0.1) is 34.5 Å². The third-order valence-corrected chi connectivity index (χ3v) is 8.78. The fourth-order valence-corrected chi connectivity index (χ4v) is 6.93. The molecule has 0 heterocycles. The Kier molecular flexibility index (Phi) is 7.42. The maximum Gasteiger partial charge on any atom is 0.211 e. The molecule has 6 unspecified atom stereocenters. The molecule has 3 aliphatic carbocycles. The lowest BCUT2D eigenvalue weighted by atomic mass is 9.55. The highest BCUT2D eigenvalue weighted by Crippen LogP contribution is 2.67. The number of rotatable bonds is 8. The van der Waals surface area contributed by atoms with Gasteiger partial charge in [-0.2, -0.15) is 0 Å². The summed E-state index contributed by atoms with van der Waals surface area (Å²) in [6.07, 6.45) is 6.27. The first-order valence-corrected chi connectivity index (χ1v) is 12.9. The number of carbonyl (C=O) groups excluding carboxylic acids is 4. The Morgan fingerprint density at radius 1 is 0.889 bits per heavy atom. The number of carbonyl (C=O) groups is 4. The van der Waals surface area contributed by atoms with Crippen LogP contribution < -0.4 is 0 Å². The average molecular weight is 497 g/mol. The van der Waals surface area contributed by atoms with E-state index in [1.54, 1.807) is 13.8 Å². The topological polar surface area (TPSA) is 109 Å².